The van der Waals surface area contributed by atoms with Crippen LogP contribution in [0.2, 0.25) is 0 Å². The molecule has 1 aliphatic heterocycles. The molecule has 2 rings (SSSR count). The summed E-state index contributed by atoms with van der Waals surface area (Å²) in [5, 5.41) is 0. The van der Waals surface area contributed by atoms with Crippen LogP contribution in [0.25, 0.3) is 0 Å². The van der Waals surface area contributed by atoms with Crippen LogP contribution in [0.15, 0.2) is 0 Å². The second-order valence-electron chi connectivity index (χ2n) is 3.53. The van der Waals surface area contributed by atoms with Crippen molar-refractivity contribution in [1.82, 2.24) is 4.90 Å². The van der Waals surface area contributed by atoms with E-state index in [9.17, 15) is 4.79 Å². The van der Waals surface area contributed by atoms with Crippen LogP contribution < -0.4 is 5.73 Å². The van der Waals surface area contributed by atoms with Gasteiger partial charge in [0.25, 0.3) is 0 Å². The van der Waals surface area contributed by atoms with Crippen molar-refractivity contribution in [1.29, 1.82) is 0 Å². The van der Waals surface area contributed by atoms with Crippen molar-refractivity contribution >= 4 is 5.91 Å². The van der Waals surface area contributed by atoms with Gasteiger partial charge in [-0.2, -0.15) is 0 Å². The van der Waals surface area contributed by atoms with E-state index in [-0.39, 0.29) is 12.0 Å². The Morgan fingerprint density at radius 3 is 2.55 bits per heavy atom. The van der Waals surface area contributed by atoms with Crippen LogP contribution in [0, 0.1) is 5.92 Å². The Morgan fingerprint density at radius 1 is 1.36 bits per heavy atom. The number of nitrogens with zero attached hydrogens (tertiary/aromatic N) is 1. The van der Waals surface area contributed by atoms with Crippen molar-refractivity contribution in [3.63, 3.8) is 0 Å². The first kappa shape index (κ1) is 7.10. The third-order valence-electron chi connectivity index (χ3n) is 2.65. The van der Waals surface area contributed by atoms with Crippen molar-refractivity contribution in [2.24, 2.45) is 11.7 Å². The first-order valence-electron chi connectivity index (χ1n) is 4.33. The Labute approximate surface area is 66.5 Å². The van der Waals surface area contributed by atoms with Crippen LogP contribution >= 0.6 is 0 Å². The van der Waals surface area contributed by atoms with Crippen LogP contribution in [-0.2, 0) is 4.79 Å². The van der Waals surface area contributed by atoms with Gasteiger partial charge in [0.05, 0.1) is 5.92 Å². The molecular formula is C8H14N2O. The Balaban J connectivity index is 1.96. The molecule has 1 amide bonds. The van der Waals surface area contributed by atoms with Crippen molar-refractivity contribution < 1.29 is 4.79 Å². The number of rotatable bonds is 1. The van der Waals surface area contributed by atoms with Crippen molar-refractivity contribution in [3.8, 4) is 0 Å². The molecule has 0 radical (unpaired) electrons. The molecule has 0 aromatic rings. The summed E-state index contributed by atoms with van der Waals surface area (Å²) < 4.78 is 0. The number of carbonyl (C=O) groups excluding carboxylic acids is 1. The van der Waals surface area contributed by atoms with Crippen LogP contribution in [0.3, 0.4) is 0 Å². The SMILES string of the molecule is N[C@@H]1CCC[C@@H]1C(=O)N1CC1. The number of nitrogens with two attached hydrogens (primary N) is 1. The van der Waals surface area contributed by atoms with E-state index in [0.717, 1.165) is 32.4 Å². The first-order chi connectivity index (χ1) is 5.29. The molecule has 1 saturated heterocycles. The van der Waals surface area contributed by atoms with E-state index in [1.54, 1.807) is 0 Å². The zero-order valence-corrected chi connectivity index (χ0v) is 6.62. The lowest BCUT2D eigenvalue weighted by molar-refractivity contribution is -0.130. The van der Waals surface area contributed by atoms with Gasteiger partial charge in [-0.05, 0) is 12.8 Å². The maximum absolute atomic E-state index is 11.5. The predicted molar refractivity (Wildman–Crippen MR) is 41.9 cm³/mol. The molecule has 0 aromatic carbocycles. The smallest absolute Gasteiger partial charge is 0.227 e. The second kappa shape index (κ2) is 2.48. The molecule has 62 valence electrons. The monoisotopic (exact) mass is 154 g/mol. The van der Waals surface area contributed by atoms with Gasteiger partial charge < -0.3 is 10.6 Å². The number of amides is 1. The topological polar surface area (TPSA) is 46.1 Å². The fourth-order valence-corrected chi connectivity index (χ4v) is 1.80. The molecule has 0 unspecified atom stereocenters. The van der Waals surface area contributed by atoms with Crippen LogP contribution in [-0.4, -0.2) is 29.9 Å². The fourth-order valence-electron chi connectivity index (χ4n) is 1.80. The molecule has 3 heteroatoms. The zero-order chi connectivity index (χ0) is 7.84. The molecule has 2 fully saturated rings. The Hall–Kier alpha value is -0.570. The molecule has 11 heavy (non-hydrogen) atoms. The van der Waals surface area contributed by atoms with E-state index in [1.165, 1.54) is 0 Å². The molecule has 1 saturated carbocycles. The highest BCUT2D eigenvalue weighted by atomic mass is 16.2. The highest BCUT2D eigenvalue weighted by molar-refractivity contribution is 5.81. The van der Waals surface area contributed by atoms with Crippen LogP contribution in [0.1, 0.15) is 19.3 Å². The van der Waals surface area contributed by atoms with Gasteiger partial charge in [-0.3, -0.25) is 4.79 Å². The minimum absolute atomic E-state index is 0.142. The van der Waals surface area contributed by atoms with Gasteiger partial charge in [-0.25, -0.2) is 0 Å². The summed E-state index contributed by atoms with van der Waals surface area (Å²) >= 11 is 0. The number of hydrogen-bond acceptors (Lipinski definition) is 2. The Morgan fingerprint density at radius 2 is 2.09 bits per heavy atom. The van der Waals surface area contributed by atoms with Gasteiger partial charge in [-0.15, -0.1) is 0 Å². The molecule has 0 aromatic heterocycles. The van der Waals surface area contributed by atoms with Gasteiger partial charge in [-0.1, -0.05) is 6.42 Å². The average molecular weight is 154 g/mol. The van der Waals surface area contributed by atoms with E-state index in [0.29, 0.717) is 5.91 Å². The predicted octanol–water partition coefficient (Wildman–Crippen LogP) is -0.0440. The molecule has 0 spiro atoms. The van der Waals surface area contributed by atoms with Gasteiger partial charge in [0.15, 0.2) is 0 Å². The summed E-state index contributed by atoms with van der Waals surface area (Å²) in [6.07, 6.45) is 3.17. The standard InChI is InChI=1S/C8H14N2O/c9-7-3-1-2-6(7)8(11)10-4-5-10/h6-7H,1-5,9H2/t6-,7+/m0/s1. The van der Waals surface area contributed by atoms with E-state index in [4.69, 9.17) is 5.73 Å². The summed E-state index contributed by atoms with van der Waals surface area (Å²) in [7, 11) is 0. The van der Waals surface area contributed by atoms with Crippen LogP contribution in [0.4, 0.5) is 0 Å². The summed E-state index contributed by atoms with van der Waals surface area (Å²) in [6, 6.07) is 0.142. The van der Waals surface area contributed by atoms with Gasteiger partial charge >= 0.3 is 0 Å². The second-order valence-corrected chi connectivity index (χ2v) is 3.53. The molecule has 0 bridgehead atoms. The molecule has 3 nitrogen and oxygen atoms in total. The van der Waals surface area contributed by atoms with Gasteiger partial charge in [0.2, 0.25) is 5.91 Å². The van der Waals surface area contributed by atoms with Gasteiger partial charge in [0.1, 0.15) is 0 Å². The van der Waals surface area contributed by atoms with Crippen molar-refractivity contribution in [2.45, 2.75) is 25.3 Å². The molecule has 1 heterocycles. The largest absolute Gasteiger partial charge is 0.339 e. The lowest BCUT2D eigenvalue weighted by Crippen LogP contribution is -2.34. The maximum Gasteiger partial charge on any atom is 0.227 e. The quantitative estimate of drug-likeness (QED) is 0.538. The minimum atomic E-state index is 0.142. The summed E-state index contributed by atoms with van der Waals surface area (Å²) in [5.74, 6) is 0.451. The Bertz CT molecular complexity index is 177. The minimum Gasteiger partial charge on any atom is -0.339 e. The molecule has 2 N–H and O–H groups in total. The summed E-state index contributed by atoms with van der Waals surface area (Å²) in [6.45, 7) is 1.92. The summed E-state index contributed by atoms with van der Waals surface area (Å²) in [4.78, 5) is 13.3. The lowest BCUT2D eigenvalue weighted by atomic mass is 10.0. The van der Waals surface area contributed by atoms with E-state index in [2.05, 4.69) is 0 Å². The maximum atomic E-state index is 11.5. The van der Waals surface area contributed by atoms with Crippen molar-refractivity contribution in [3.05, 3.63) is 0 Å². The van der Waals surface area contributed by atoms with E-state index >= 15 is 0 Å². The van der Waals surface area contributed by atoms with Crippen molar-refractivity contribution in [2.75, 3.05) is 13.1 Å². The van der Waals surface area contributed by atoms with Crippen LogP contribution in [0.5, 0.6) is 0 Å². The zero-order valence-electron chi connectivity index (χ0n) is 6.62. The average Bonchev–Trinajstić information content (AvgIpc) is 2.74. The van der Waals surface area contributed by atoms with Gasteiger partial charge in [0, 0.05) is 19.1 Å². The highest BCUT2D eigenvalue weighted by Crippen LogP contribution is 2.27. The third-order valence-corrected chi connectivity index (χ3v) is 2.65. The summed E-state index contributed by atoms with van der Waals surface area (Å²) in [5.41, 5.74) is 5.80. The number of carbonyl (C=O) groups is 1. The fraction of sp³-hybridized carbons (Fsp3) is 0.875. The van der Waals surface area contributed by atoms with E-state index < -0.39 is 0 Å². The number of hydrogen-bond donors (Lipinski definition) is 1. The molecule has 2 atom stereocenters. The normalized spacial score (nSPS) is 35.9. The lowest BCUT2D eigenvalue weighted by Gasteiger charge is -2.13. The third kappa shape index (κ3) is 1.25. The molecular weight excluding hydrogens is 140 g/mol. The first-order valence-corrected chi connectivity index (χ1v) is 4.33. The van der Waals surface area contributed by atoms with E-state index in [1.807, 2.05) is 4.90 Å². The molecule has 2 aliphatic rings. The molecule has 1 aliphatic carbocycles. The Kier molecular flexibility index (Phi) is 1.60. The highest BCUT2D eigenvalue weighted by Gasteiger charge is 2.36.